The summed E-state index contributed by atoms with van der Waals surface area (Å²) in [4.78, 5) is 34.6. The normalized spacial score (nSPS) is 11.4. The number of rotatable bonds is 16. The molecule has 0 aromatic heterocycles. The van der Waals surface area contributed by atoms with Gasteiger partial charge in [-0.25, -0.2) is 5.48 Å². The van der Waals surface area contributed by atoms with Crippen LogP contribution in [0.5, 0.6) is 5.75 Å². The molecule has 2 aromatic rings. The molecule has 0 aliphatic rings. The van der Waals surface area contributed by atoms with Crippen LogP contribution in [0.1, 0.15) is 44.1 Å². The number of aliphatic carboxylic acids is 1. The van der Waals surface area contributed by atoms with E-state index >= 15 is 0 Å². The number of carbonyl (C=O) groups excluding carboxylic acids is 2. The van der Waals surface area contributed by atoms with Gasteiger partial charge in [-0.05, 0) is 37.0 Å². The maximum absolute atomic E-state index is 12.1. The van der Waals surface area contributed by atoms with Crippen molar-refractivity contribution in [3.05, 3.63) is 60.2 Å². The van der Waals surface area contributed by atoms with Crippen LogP contribution in [0.25, 0.3) is 0 Å². The van der Waals surface area contributed by atoms with Crippen molar-refractivity contribution in [3.8, 4) is 5.75 Å². The number of hydroxylamine groups is 1. The summed E-state index contributed by atoms with van der Waals surface area (Å²) < 4.78 is 5.71. The van der Waals surface area contributed by atoms with Crippen LogP contribution in [-0.2, 0) is 20.8 Å². The van der Waals surface area contributed by atoms with Gasteiger partial charge in [0, 0.05) is 31.1 Å². The third-order valence-corrected chi connectivity index (χ3v) is 5.14. The van der Waals surface area contributed by atoms with E-state index < -0.39 is 17.9 Å². The molecule has 0 heterocycles. The van der Waals surface area contributed by atoms with Crippen LogP contribution in [0.2, 0.25) is 0 Å². The number of amides is 2. The van der Waals surface area contributed by atoms with Crippen molar-refractivity contribution in [2.45, 2.75) is 51.0 Å². The van der Waals surface area contributed by atoms with Gasteiger partial charge >= 0.3 is 5.97 Å². The van der Waals surface area contributed by atoms with Gasteiger partial charge in [0.15, 0.2) is 0 Å². The monoisotopic (exact) mass is 471 g/mol. The van der Waals surface area contributed by atoms with Crippen molar-refractivity contribution >= 4 is 23.5 Å². The minimum atomic E-state index is -0.913. The topological polar surface area (TPSA) is 137 Å². The van der Waals surface area contributed by atoms with Crippen LogP contribution in [0, 0.1) is 0 Å². The number of carboxylic acid groups (broad SMARTS) is 1. The summed E-state index contributed by atoms with van der Waals surface area (Å²) in [5, 5.41) is 23.7. The molecule has 2 rings (SSSR count). The highest BCUT2D eigenvalue weighted by molar-refractivity contribution is 5.90. The number of benzene rings is 2. The van der Waals surface area contributed by atoms with E-state index in [9.17, 15) is 19.5 Å². The number of hydrogen-bond donors (Lipinski definition) is 5. The van der Waals surface area contributed by atoms with Gasteiger partial charge in [-0.3, -0.25) is 19.6 Å². The molecule has 0 aliphatic carbocycles. The number of ether oxygens (including phenoxy) is 1. The van der Waals surface area contributed by atoms with Gasteiger partial charge in [-0.2, -0.15) is 0 Å². The Bertz CT molecular complexity index is 907. The van der Waals surface area contributed by atoms with E-state index in [0.717, 1.165) is 18.4 Å². The van der Waals surface area contributed by atoms with Crippen LogP contribution in [0.4, 0.5) is 5.69 Å². The number of nitrogens with one attached hydrogen (secondary N) is 3. The van der Waals surface area contributed by atoms with Crippen LogP contribution < -0.4 is 20.9 Å². The first-order valence-electron chi connectivity index (χ1n) is 11.4. The van der Waals surface area contributed by atoms with Gasteiger partial charge in [0.05, 0.1) is 0 Å². The minimum Gasteiger partial charge on any atom is -0.492 e. The summed E-state index contributed by atoms with van der Waals surface area (Å²) in [6, 6.07) is 15.8. The van der Waals surface area contributed by atoms with Crippen molar-refractivity contribution < 1.29 is 29.4 Å². The fourth-order valence-electron chi connectivity index (χ4n) is 3.37. The summed E-state index contributed by atoms with van der Waals surface area (Å²) in [5.74, 6) is -0.831. The van der Waals surface area contributed by atoms with Crippen LogP contribution >= 0.6 is 0 Å². The standard InChI is InChI=1S/C25H33N3O6/c29-23(13-6-1-2-7-14-24(30)28-33)27-20-11-8-12-21(18-20)34-16-15-26-22(25(31)32)17-19-9-4-3-5-10-19/h3-5,8-12,18,22,26,33H,1-2,6-7,13-17H2,(H,27,29)(H,28,30)(H,31,32). The van der Waals surface area contributed by atoms with E-state index in [0.29, 0.717) is 43.7 Å². The fourth-order valence-corrected chi connectivity index (χ4v) is 3.37. The number of hydrogen-bond acceptors (Lipinski definition) is 6. The lowest BCUT2D eigenvalue weighted by molar-refractivity contribution is -0.139. The van der Waals surface area contributed by atoms with E-state index in [1.807, 2.05) is 30.3 Å². The molecule has 2 amide bonds. The summed E-state index contributed by atoms with van der Waals surface area (Å²) in [7, 11) is 0. The Hall–Kier alpha value is -3.43. The molecule has 184 valence electrons. The predicted octanol–water partition coefficient (Wildman–Crippen LogP) is 3.14. The third-order valence-electron chi connectivity index (χ3n) is 5.14. The summed E-state index contributed by atoms with van der Waals surface area (Å²) in [6.45, 7) is 0.643. The zero-order valence-electron chi connectivity index (χ0n) is 19.2. The zero-order chi connectivity index (χ0) is 24.6. The van der Waals surface area contributed by atoms with Crippen molar-refractivity contribution in [2.24, 2.45) is 0 Å². The highest BCUT2D eigenvalue weighted by Crippen LogP contribution is 2.18. The fraction of sp³-hybridized carbons (Fsp3) is 0.400. The first-order chi connectivity index (χ1) is 16.5. The summed E-state index contributed by atoms with van der Waals surface area (Å²) in [5.41, 5.74) is 3.17. The lowest BCUT2D eigenvalue weighted by atomic mass is 10.1. The first-order valence-corrected chi connectivity index (χ1v) is 11.4. The molecule has 0 saturated carbocycles. The number of anilines is 1. The van der Waals surface area contributed by atoms with E-state index in [1.54, 1.807) is 29.7 Å². The molecule has 1 unspecified atom stereocenters. The highest BCUT2D eigenvalue weighted by Gasteiger charge is 2.17. The Labute approximate surface area is 199 Å². The van der Waals surface area contributed by atoms with Gasteiger partial charge in [0.2, 0.25) is 11.8 Å². The smallest absolute Gasteiger partial charge is 0.321 e. The molecule has 0 bridgehead atoms. The van der Waals surface area contributed by atoms with Gasteiger partial charge < -0.3 is 20.5 Å². The average molecular weight is 472 g/mol. The molecule has 34 heavy (non-hydrogen) atoms. The second-order valence-electron chi connectivity index (χ2n) is 7.91. The van der Waals surface area contributed by atoms with E-state index in [4.69, 9.17) is 9.94 Å². The van der Waals surface area contributed by atoms with Crippen LogP contribution in [0.3, 0.4) is 0 Å². The van der Waals surface area contributed by atoms with Gasteiger partial charge in [0.25, 0.3) is 0 Å². The second-order valence-corrected chi connectivity index (χ2v) is 7.91. The van der Waals surface area contributed by atoms with E-state index in [-0.39, 0.29) is 18.9 Å². The Morgan fingerprint density at radius 2 is 1.59 bits per heavy atom. The van der Waals surface area contributed by atoms with E-state index in [2.05, 4.69) is 10.6 Å². The van der Waals surface area contributed by atoms with Crippen molar-refractivity contribution in [2.75, 3.05) is 18.5 Å². The van der Waals surface area contributed by atoms with Gasteiger partial charge in [0.1, 0.15) is 18.4 Å². The predicted molar refractivity (Wildman–Crippen MR) is 128 cm³/mol. The molecule has 0 fully saturated rings. The third kappa shape index (κ3) is 10.9. The average Bonchev–Trinajstić information content (AvgIpc) is 2.83. The SMILES string of the molecule is O=C(CCCCCCC(=O)Nc1cccc(OCCNC(Cc2ccccc2)C(=O)O)c1)NO. The molecule has 0 spiro atoms. The Morgan fingerprint density at radius 1 is 0.882 bits per heavy atom. The van der Waals surface area contributed by atoms with Crippen LogP contribution in [0.15, 0.2) is 54.6 Å². The van der Waals surface area contributed by atoms with Gasteiger partial charge in [-0.15, -0.1) is 0 Å². The molecular formula is C25H33N3O6. The lowest BCUT2D eigenvalue weighted by Gasteiger charge is -2.15. The zero-order valence-corrected chi connectivity index (χ0v) is 19.2. The molecule has 1 atom stereocenters. The van der Waals surface area contributed by atoms with Gasteiger partial charge in [-0.1, -0.05) is 49.2 Å². The molecule has 0 aliphatic heterocycles. The molecule has 9 heteroatoms. The molecule has 0 radical (unpaired) electrons. The second kappa shape index (κ2) is 15.4. The van der Waals surface area contributed by atoms with Crippen molar-refractivity contribution in [1.82, 2.24) is 10.8 Å². The first kappa shape index (κ1) is 26.8. The lowest BCUT2D eigenvalue weighted by Crippen LogP contribution is -2.40. The Kier molecular flexibility index (Phi) is 12.2. The Morgan fingerprint density at radius 3 is 2.26 bits per heavy atom. The summed E-state index contributed by atoms with van der Waals surface area (Å²) in [6.07, 6.45) is 4.05. The molecule has 5 N–H and O–H groups in total. The highest BCUT2D eigenvalue weighted by atomic mass is 16.5. The van der Waals surface area contributed by atoms with Crippen molar-refractivity contribution in [1.29, 1.82) is 0 Å². The molecule has 0 saturated heterocycles. The quantitative estimate of drug-likeness (QED) is 0.144. The Balaban J connectivity index is 1.67. The summed E-state index contributed by atoms with van der Waals surface area (Å²) >= 11 is 0. The minimum absolute atomic E-state index is 0.0999. The number of carbonyl (C=O) groups is 3. The molecular weight excluding hydrogens is 438 g/mol. The van der Waals surface area contributed by atoms with Crippen LogP contribution in [-0.4, -0.2) is 47.3 Å². The molecule has 2 aromatic carbocycles. The largest absolute Gasteiger partial charge is 0.492 e. The number of unbranched alkanes of at least 4 members (excludes halogenated alkanes) is 3. The number of carboxylic acids is 1. The molecule has 9 nitrogen and oxygen atoms in total. The maximum Gasteiger partial charge on any atom is 0.321 e. The maximum atomic E-state index is 12.1. The van der Waals surface area contributed by atoms with E-state index in [1.165, 1.54) is 0 Å². The van der Waals surface area contributed by atoms with Crippen molar-refractivity contribution in [3.63, 3.8) is 0 Å².